The lowest BCUT2D eigenvalue weighted by molar-refractivity contribution is -0.117. The number of carbonyl (C=O) groups is 2. The van der Waals surface area contributed by atoms with Crippen molar-refractivity contribution < 1.29 is 9.59 Å². The monoisotopic (exact) mass is 397 g/mol. The van der Waals surface area contributed by atoms with Crippen molar-refractivity contribution in [2.75, 3.05) is 4.90 Å². The second kappa shape index (κ2) is 7.87. The zero-order valence-corrected chi connectivity index (χ0v) is 16.1. The minimum atomic E-state index is -0.859. The normalized spacial score (nSPS) is 18.3. The molecule has 1 atom stereocenters. The van der Waals surface area contributed by atoms with Gasteiger partial charge in [-0.05, 0) is 43.2 Å². The van der Waals surface area contributed by atoms with E-state index in [1.807, 2.05) is 37.3 Å². The van der Waals surface area contributed by atoms with Gasteiger partial charge in [-0.1, -0.05) is 53.2 Å². The van der Waals surface area contributed by atoms with Gasteiger partial charge < -0.3 is 5.73 Å². The summed E-state index contributed by atoms with van der Waals surface area (Å²) in [5.41, 5.74) is 7.80. The van der Waals surface area contributed by atoms with Crippen molar-refractivity contribution in [1.82, 2.24) is 0 Å². The fraction of sp³-hybridized carbons (Fsp3) is 0.150. The van der Waals surface area contributed by atoms with Crippen LogP contribution in [0.3, 0.4) is 0 Å². The number of halogens is 1. The second-order valence-corrected chi connectivity index (χ2v) is 7.73. The fourth-order valence-electron chi connectivity index (χ4n) is 2.76. The van der Waals surface area contributed by atoms with Gasteiger partial charge in [-0.2, -0.15) is 5.26 Å². The number of aryl methyl sites for hydroxylation is 1. The van der Waals surface area contributed by atoms with Crippen LogP contribution < -0.4 is 10.6 Å². The fourth-order valence-corrected chi connectivity index (χ4v) is 4.21. The van der Waals surface area contributed by atoms with Crippen molar-refractivity contribution in [3.63, 3.8) is 0 Å². The number of primary amides is 1. The van der Waals surface area contributed by atoms with Gasteiger partial charge in [0, 0.05) is 10.7 Å². The first-order chi connectivity index (χ1) is 12.9. The molecule has 0 bridgehead atoms. The van der Waals surface area contributed by atoms with Gasteiger partial charge in [0.2, 0.25) is 5.91 Å². The van der Waals surface area contributed by atoms with E-state index in [1.165, 1.54) is 16.7 Å². The molecule has 7 heteroatoms. The maximum atomic E-state index is 13.1. The number of thioether (sulfide) groups is 1. The van der Waals surface area contributed by atoms with Gasteiger partial charge in [0.1, 0.15) is 16.7 Å². The molecule has 3 rings (SSSR count). The summed E-state index contributed by atoms with van der Waals surface area (Å²) in [6, 6.07) is 16.4. The molecule has 0 saturated carbocycles. The zero-order chi connectivity index (χ0) is 19.6. The summed E-state index contributed by atoms with van der Waals surface area (Å²) in [5, 5.41) is 9.70. The van der Waals surface area contributed by atoms with Crippen LogP contribution in [0.25, 0.3) is 0 Å². The van der Waals surface area contributed by atoms with E-state index in [4.69, 9.17) is 17.3 Å². The Morgan fingerprint density at radius 1 is 1.22 bits per heavy atom. The molecule has 0 unspecified atom stereocenters. The summed E-state index contributed by atoms with van der Waals surface area (Å²) >= 11 is 7.12. The van der Waals surface area contributed by atoms with Gasteiger partial charge in [0.25, 0.3) is 5.91 Å². The highest BCUT2D eigenvalue weighted by molar-refractivity contribution is 8.05. The minimum absolute atomic E-state index is 0.202. The lowest BCUT2D eigenvalue weighted by Gasteiger charge is -2.18. The van der Waals surface area contributed by atoms with Crippen LogP contribution in [-0.4, -0.2) is 17.1 Å². The van der Waals surface area contributed by atoms with Crippen LogP contribution in [0, 0.1) is 18.3 Å². The molecule has 2 aromatic rings. The molecule has 1 heterocycles. The van der Waals surface area contributed by atoms with Crippen molar-refractivity contribution in [3.05, 3.63) is 75.3 Å². The van der Waals surface area contributed by atoms with E-state index in [9.17, 15) is 14.9 Å². The third kappa shape index (κ3) is 4.00. The van der Waals surface area contributed by atoms with Crippen LogP contribution in [0.4, 0.5) is 5.69 Å². The lowest BCUT2D eigenvalue weighted by atomic mass is 10.1. The second-order valence-electron chi connectivity index (χ2n) is 6.10. The predicted molar refractivity (Wildman–Crippen MR) is 107 cm³/mol. The van der Waals surface area contributed by atoms with E-state index >= 15 is 0 Å². The number of rotatable bonds is 4. The molecule has 1 aliphatic heterocycles. The standard InChI is InChI=1S/C20H16ClN3O2S/c1-12-2-4-13(5-3-12)10-17-19(26)24(15-8-6-14(21)7-9-15)20(27-17)16(11-22)18(23)25/h2-9,17H,10H2,1H3,(H2,23,25)/b20-16-/t17-/m0/s1. The molecule has 0 aromatic heterocycles. The molecule has 0 spiro atoms. The third-order valence-electron chi connectivity index (χ3n) is 4.15. The number of hydrogen-bond acceptors (Lipinski definition) is 4. The highest BCUT2D eigenvalue weighted by Crippen LogP contribution is 2.42. The molecule has 136 valence electrons. The van der Waals surface area contributed by atoms with Crippen molar-refractivity contribution in [3.8, 4) is 6.07 Å². The van der Waals surface area contributed by atoms with E-state index in [1.54, 1.807) is 24.3 Å². The van der Waals surface area contributed by atoms with Crippen molar-refractivity contribution in [2.45, 2.75) is 18.6 Å². The first kappa shape index (κ1) is 19.0. The smallest absolute Gasteiger partial charge is 0.262 e. The first-order valence-corrected chi connectivity index (χ1v) is 9.42. The topological polar surface area (TPSA) is 87.2 Å². The Morgan fingerprint density at radius 3 is 2.41 bits per heavy atom. The molecule has 1 saturated heterocycles. The largest absolute Gasteiger partial charge is 0.365 e. The Kier molecular flexibility index (Phi) is 5.54. The maximum Gasteiger partial charge on any atom is 0.262 e. The molecule has 27 heavy (non-hydrogen) atoms. The SMILES string of the molecule is Cc1ccc(C[C@@H]2S/C(=C(/C#N)C(N)=O)N(c3ccc(Cl)cc3)C2=O)cc1. The molecule has 1 aliphatic rings. The molecule has 2 amide bonds. The van der Waals surface area contributed by atoms with Gasteiger partial charge in [0.15, 0.2) is 0 Å². The van der Waals surface area contributed by atoms with Crippen LogP contribution >= 0.6 is 23.4 Å². The van der Waals surface area contributed by atoms with Gasteiger partial charge in [-0.25, -0.2) is 0 Å². The Bertz CT molecular complexity index is 962. The molecule has 2 N–H and O–H groups in total. The molecule has 0 aliphatic carbocycles. The van der Waals surface area contributed by atoms with Crippen LogP contribution in [0.5, 0.6) is 0 Å². The summed E-state index contributed by atoms with van der Waals surface area (Å²) in [7, 11) is 0. The van der Waals surface area contributed by atoms with E-state index in [-0.39, 0.29) is 16.5 Å². The van der Waals surface area contributed by atoms with Gasteiger partial charge >= 0.3 is 0 Å². The molecule has 2 aromatic carbocycles. The number of nitrogens with two attached hydrogens (primary N) is 1. The molecule has 1 fully saturated rings. The highest BCUT2D eigenvalue weighted by Gasteiger charge is 2.40. The minimum Gasteiger partial charge on any atom is -0.365 e. The Labute approximate surface area is 166 Å². The third-order valence-corrected chi connectivity index (χ3v) is 5.67. The van der Waals surface area contributed by atoms with E-state index < -0.39 is 11.2 Å². The summed E-state index contributed by atoms with van der Waals surface area (Å²) in [6.07, 6.45) is 0.481. The summed E-state index contributed by atoms with van der Waals surface area (Å²) < 4.78 is 0. The maximum absolute atomic E-state index is 13.1. The molecule has 5 nitrogen and oxygen atoms in total. The van der Waals surface area contributed by atoms with Crippen LogP contribution in [0.15, 0.2) is 59.1 Å². The van der Waals surface area contributed by atoms with Crippen molar-refractivity contribution in [1.29, 1.82) is 5.26 Å². The number of carbonyl (C=O) groups excluding carboxylic acids is 2. The molecular formula is C20H16ClN3O2S. The van der Waals surface area contributed by atoms with E-state index in [0.717, 1.165) is 11.1 Å². The highest BCUT2D eigenvalue weighted by atomic mass is 35.5. The lowest BCUT2D eigenvalue weighted by Crippen LogP contribution is -2.31. The molecule has 0 radical (unpaired) electrons. The first-order valence-electron chi connectivity index (χ1n) is 8.16. The Hall–Kier alpha value is -2.75. The average molecular weight is 398 g/mol. The summed E-state index contributed by atoms with van der Waals surface area (Å²) in [6.45, 7) is 1.99. The Morgan fingerprint density at radius 2 is 1.85 bits per heavy atom. The zero-order valence-electron chi connectivity index (χ0n) is 14.5. The number of nitriles is 1. The summed E-state index contributed by atoms with van der Waals surface area (Å²) in [5.74, 6) is -1.06. The Balaban J connectivity index is 2.01. The number of benzene rings is 2. The van der Waals surface area contributed by atoms with E-state index in [2.05, 4.69) is 0 Å². The van der Waals surface area contributed by atoms with Crippen molar-refractivity contribution >= 4 is 40.9 Å². The molecular weight excluding hydrogens is 382 g/mol. The van der Waals surface area contributed by atoms with Crippen LogP contribution in [0.2, 0.25) is 5.02 Å². The van der Waals surface area contributed by atoms with Gasteiger partial charge in [-0.3, -0.25) is 14.5 Å². The number of amides is 2. The van der Waals surface area contributed by atoms with Gasteiger partial charge in [0.05, 0.1) is 5.25 Å². The number of anilines is 1. The van der Waals surface area contributed by atoms with Crippen LogP contribution in [0.1, 0.15) is 11.1 Å². The van der Waals surface area contributed by atoms with E-state index in [0.29, 0.717) is 17.1 Å². The van der Waals surface area contributed by atoms with Gasteiger partial charge in [-0.15, -0.1) is 0 Å². The average Bonchev–Trinajstić information content (AvgIpc) is 2.94. The number of hydrogen-bond donors (Lipinski definition) is 1. The van der Waals surface area contributed by atoms with Crippen LogP contribution in [-0.2, 0) is 16.0 Å². The van der Waals surface area contributed by atoms with Crippen molar-refractivity contribution in [2.24, 2.45) is 5.73 Å². The summed E-state index contributed by atoms with van der Waals surface area (Å²) in [4.78, 5) is 26.2. The quantitative estimate of drug-likeness (QED) is 0.631. The number of nitrogens with zero attached hydrogens (tertiary/aromatic N) is 2. The predicted octanol–water partition coefficient (Wildman–Crippen LogP) is 3.56.